The molecule has 1 aliphatic carbocycles. The highest BCUT2D eigenvalue weighted by atomic mass is 28.4. The summed E-state index contributed by atoms with van der Waals surface area (Å²) in [6.07, 6.45) is 1.82. The number of carbonyl (C=O) groups excluding carboxylic acids is 1. The summed E-state index contributed by atoms with van der Waals surface area (Å²) in [7, 11) is -2.90. The van der Waals surface area contributed by atoms with E-state index in [4.69, 9.17) is 13.6 Å². The topological polar surface area (TPSA) is 91.1 Å². The zero-order chi connectivity index (χ0) is 29.7. The quantitative estimate of drug-likeness (QED) is 0.151. The van der Waals surface area contributed by atoms with Crippen molar-refractivity contribution in [2.75, 3.05) is 13.7 Å². The predicted octanol–water partition coefficient (Wildman–Crippen LogP) is 7.78. The number of nitro benzene ring substituents is 1. The molecule has 220 valence electrons. The van der Waals surface area contributed by atoms with Crippen molar-refractivity contribution in [2.45, 2.75) is 122 Å². The highest BCUT2D eigenvalue weighted by molar-refractivity contribution is 6.78. The molecule has 1 aromatic carbocycles. The van der Waals surface area contributed by atoms with Gasteiger partial charge in [-0.25, -0.2) is 0 Å². The van der Waals surface area contributed by atoms with Crippen LogP contribution in [-0.4, -0.2) is 58.2 Å². The van der Waals surface area contributed by atoms with Crippen molar-refractivity contribution < 1.29 is 23.3 Å². The summed E-state index contributed by atoms with van der Waals surface area (Å²) in [5, 5.41) is 12.4. The first-order chi connectivity index (χ1) is 17.9. The van der Waals surface area contributed by atoms with Crippen molar-refractivity contribution in [3.05, 3.63) is 27.8 Å². The van der Waals surface area contributed by atoms with Crippen molar-refractivity contribution in [1.82, 2.24) is 4.90 Å². The van der Waals surface area contributed by atoms with Crippen LogP contribution in [0.5, 0.6) is 11.5 Å². The van der Waals surface area contributed by atoms with Crippen molar-refractivity contribution >= 4 is 28.2 Å². The van der Waals surface area contributed by atoms with Gasteiger partial charge in [0.1, 0.15) is 5.56 Å². The third-order valence-electron chi connectivity index (χ3n) is 9.59. The minimum absolute atomic E-state index is 0.0555. The van der Waals surface area contributed by atoms with Crippen molar-refractivity contribution in [3.63, 3.8) is 0 Å². The largest absolute Gasteiger partial charge is 0.540 e. The van der Waals surface area contributed by atoms with Gasteiger partial charge in [-0.1, -0.05) is 62.3 Å². The van der Waals surface area contributed by atoms with Gasteiger partial charge in [0.25, 0.3) is 19.9 Å². The Balaban J connectivity index is 2.00. The number of nitro groups is 1. The third kappa shape index (κ3) is 5.93. The summed E-state index contributed by atoms with van der Waals surface area (Å²) in [5.74, 6) is 0.844. The average Bonchev–Trinajstić information content (AvgIpc) is 3.48. The van der Waals surface area contributed by atoms with Gasteiger partial charge in [0.2, 0.25) is 0 Å². The number of rotatable bonds is 11. The van der Waals surface area contributed by atoms with Gasteiger partial charge in [-0.3, -0.25) is 14.9 Å². The number of fused-ring (bicyclic) bond motifs is 1. The van der Waals surface area contributed by atoms with Gasteiger partial charge < -0.3 is 18.5 Å². The standard InChI is InChI=1S/C29H50N2O6Si2/c1-18(2)39(19(3)4,20(5)6)37-27-16-25(31(33)34)23(15-26(27)35-10)28(32)30-22(13-21-14-24(21)30)17-36-38(11,12)29(7,8)9/h15-16,18-22,24H,13-14,17H2,1-12H3/t21-,22+,24+/m1/s1. The van der Waals surface area contributed by atoms with E-state index in [2.05, 4.69) is 75.4 Å². The van der Waals surface area contributed by atoms with E-state index in [1.54, 1.807) is 0 Å². The molecule has 1 aromatic rings. The van der Waals surface area contributed by atoms with E-state index in [0.717, 1.165) is 12.8 Å². The SMILES string of the molecule is COc1cc(C(=O)N2[C@H](CO[Si](C)(C)C(C)(C)C)C[C@@H]3C[C@@H]32)c([N+](=O)[O-])cc1O[Si](C(C)C)(C(C)C)C(C)C. The van der Waals surface area contributed by atoms with E-state index < -0.39 is 21.6 Å². The van der Waals surface area contributed by atoms with E-state index in [9.17, 15) is 14.9 Å². The van der Waals surface area contributed by atoms with Crippen LogP contribution in [0.3, 0.4) is 0 Å². The Hall–Kier alpha value is -1.92. The monoisotopic (exact) mass is 578 g/mol. The van der Waals surface area contributed by atoms with E-state index in [0.29, 0.717) is 24.0 Å². The Morgan fingerprint density at radius 1 is 1.05 bits per heavy atom. The molecule has 0 unspecified atom stereocenters. The number of benzene rings is 1. The molecule has 2 fully saturated rings. The maximum atomic E-state index is 14.0. The molecule has 0 radical (unpaired) electrons. The lowest BCUT2D eigenvalue weighted by atomic mass is 10.1. The molecular formula is C29H50N2O6Si2. The zero-order valence-electron chi connectivity index (χ0n) is 26.1. The van der Waals surface area contributed by atoms with Crippen LogP contribution in [0, 0.1) is 16.0 Å². The van der Waals surface area contributed by atoms with Crippen LogP contribution in [-0.2, 0) is 4.43 Å². The van der Waals surface area contributed by atoms with E-state index in [1.807, 2.05) is 4.90 Å². The zero-order valence-corrected chi connectivity index (χ0v) is 28.1. The minimum atomic E-state index is -2.41. The number of amides is 1. The Morgan fingerprint density at radius 2 is 1.62 bits per heavy atom. The van der Waals surface area contributed by atoms with E-state index in [-0.39, 0.29) is 50.9 Å². The molecule has 1 saturated heterocycles. The average molecular weight is 579 g/mol. The van der Waals surface area contributed by atoms with Gasteiger partial charge in [-0.05, 0) is 53.5 Å². The van der Waals surface area contributed by atoms with Crippen molar-refractivity contribution in [2.24, 2.45) is 5.92 Å². The van der Waals surface area contributed by atoms with Crippen LogP contribution in [0.1, 0.15) is 85.5 Å². The number of nitrogens with zero attached hydrogens (tertiary/aromatic N) is 2. The lowest BCUT2D eigenvalue weighted by Crippen LogP contribution is -2.50. The smallest absolute Gasteiger partial charge is 0.286 e. The first-order valence-corrected chi connectivity index (χ1v) is 19.5. The molecule has 0 spiro atoms. The molecule has 1 aliphatic heterocycles. The predicted molar refractivity (Wildman–Crippen MR) is 161 cm³/mol. The van der Waals surface area contributed by atoms with Crippen LogP contribution in [0.2, 0.25) is 34.8 Å². The fourth-order valence-electron chi connectivity index (χ4n) is 6.34. The summed E-state index contributed by atoms with van der Waals surface area (Å²) in [4.78, 5) is 27.7. The Kier molecular flexibility index (Phi) is 9.05. The Morgan fingerprint density at radius 3 is 2.08 bits per heavy atom. The van der Waals surface area contributed by atoms with Gasteiger partial charge in [-0.2, -0.15) is 0 Å². The molecule has 3 rings (SSSR count). The van der Waals surface area contributed by atoms with Crippen LogP contribution in [0.15, 0.2) is 12.1 Å². The third-order valence-corrected chi connectivity index (χ3v) is 20.1. The molecule has 2 aliphatic rings. The van der Waals surface area contributed by atoms with Gasteiger partial charge in [0, 0.05) is 12.1 Å². The molecule has 39 heavy (non-hydrogen) atoms. The molecule has 3 atom stereocenters. The number of piperidine rings is 1. The highest BCUT2D eigenvalue weighted by Crippen LogP contribution is 2.51. The van der Waals surface area contributed by atoms with Gasteiger partial charge in [0.15, 0.2) is 19.8 Å². The van der Waals surface area contributed by atoms with Crippen molar-refractivity contribution in [1.29, 1.82) is 0 Å². The second kappa shape index (κ2) is 11.2. The molecule has 1 amide bonds. The van der Waals surface area contributed by atoms with E-state index in [1.165, 1.54) is 19.2 Å². The van der Waals surface area contributed by atoms with Gasteiger partial charge in [0.05, 0.1) is 30.7 Å². The molecule has 8 nitrogen and oxygen atoms in total. The maximum Gasteiger partial charge on any atom is 0.286 e. The fourth-order valence-corrected chi connectivity index (χ4v) is 12.6. The summed E-state index contributed by atoms with van der Waals surface area (Å²) in [6.45, 7) is 24.4. The maximum absolute atomic E-state index is 14.0. The molecule has 0 aromatic heterocycles. The molecule has 1 saturated carbocycles. The first kappa shape index (κ1) is 31.6. The lowest BCUT2D eigenvalue weighted by molar-refractivity contribution is -0.385. The van der Waals surface area contributed by atoms with Crippen LogP contribution < -0.4 is 9.16 Å². The first-order valence-electron chi connectivity index (χ1n) is 14.4. The summed E-state index contributed by atoms with van der Waals surface area (Å²) in [5.41, 5.74) is 0.657. The Bertz CT molecular complexity index is 1060. The number of methoxy groups -OCH3 is 1. The number of hydrogen-bond donors (Lipinski definition) is 0. The van der Waals surface area contributed by atoms with Crippen LogP contribution in [0.4, 0.5) is 5.69 Å². The highest BCUT2D eigenvalue weighted by Gasteiger charge is 2.55. The Labute approximate surface area is 237 Å². The number of hydrogen-bond acceptors (Lipinski definition) is 6. The second-order valence-electron chi connectivity index (χ2n) is 13.9. The lowest BCUT2D eigenvalue weighted by Gasteiger charge is -2.42. The second-order valence-corrected chi connectivity index (χ2v) is 24.1. The number of likely N-dealkylation sites (tertiary alicyclic amines) is 1. The normalized spacial score (nSPS) is 21.5. The molecule has 10 heteroatoms. The number of carbonyl (C=O) groups is 1. The molecule has 1 heterocycles. The molecular weight excluding hydrogens is 528 g/mol. The van der Waals surface area contributed by atoms with Gasteiger partial charge >= 0.3 is 0 Å². The number of ether oxygens (including phenoxy) is 1. The summed E-state index contributed by atoms with van der Waals surface area (Å²) < 4.78 is 19.0. The molecule has 0 bridgehead atoms. The van der Waals surface area contributed by atoms with E-state index >= 15 is 0 Å². The summed E-state index contributed by atoms with van der Waals surface area (Å²) in [6, 6.07) is 2.98. The minimum Gasteiger partial charge on any atom is -0.540 e. The molecule has 0 N–H and O–H groups in total. The summed E-state index contributed by atoms with van der Waals surface area (Å²) >= 11 is 0. The van der Waals surface area contributed by atoms with Gasteiger partial charge in [-0.15, -0.1) is 0 Å². The van der Waals surface area contributed by atoms with Crippen molar-refractivity contribution in [3.8, 4) is 11.5 Å². The van der Waals surface area contributed by atoms with Crippen LogP contribution in [0.25, 0.3) is 0 Å². The van der Waals surface area contributed by atoms with Crippen LogP contribution >= 0.6 is 0 Å². The fraction of sp³-hybridized carbons (Fsp3) is 0.759.